The minimum atomic E-state index is 0.451. The van der Waals surface area contributed by atoms with E-state index in [1.807, 2.05) is 0 Å². The molecule has 0 spiro atoms. The fourth-order valence-corrected chi connectivity index (χ4v) is 4.14. The lowest BCUT2D eigenvalue weighted by Crippen LogP contribution is -2.36. The summed E-state index contributed by atoms with van der Waals surface area (Å²) in [6.45, 7) is 4.74. The molecule has 1 aromatic heterocycles. The van der Waals surface area contributed by atoms with Crippen molar-refractivity contribution in [2.75, 3.05) is 26.2 Å². The summed E-state index contributed by atoms with van der Waals surface area (Å²) < 4.78 is 0. The summed E-state index contributed by atoms with van der Waals surface area (Å²) in [5, 5.41) is 11.3. The summed E-state index contributed by atoms with van der Waals surface area (Å²) >= 11 is 1.77. The summed E-state index contributed by atoms with van der Waals surface area (Å²) in [4.78, 5) is 2.57. The van der Waals surface area contributed by atoms with Crippen molar-refractivity contribution in [3.63, 3.8) is 0 Å². The quantitative estimate of drug-likeness (QED) is 0.850. The summed E-state index contributed by atoms with van der Waals surface area (Å²) in [6.07, 6.45) is 10.4. The molecule has 1 aliphatic carbocycles. The molecule has 110 valence electrons. The molecule has 1 aromatic rings. The van der Waals surface area contributed by atoms with Crippen molar-refractivity contribution < 1.29 is 0 Å². The molecule has 4 rings (SSSR count). The van der Waals surface area contributed by atoms with E-state index < -0.39 is 0 Å². The van der Waals surface area contributed by atoms with Crippen LogP contribution in [0.3, 0.4) is 0 Å². The van der Waals surface area contributed by atoms with E-state index in [0.29, 0.717) is 6.04 Å². The number of nitrogens with zero attached hydrogens (tertiary/aromatic N) is 3. The topological polar surface area (TPSA) is 18.8 Å². The van der Waals surface area contributed by atoms with Crippen molar-refractivity contribution in [2.45, 2.75) is 25.3 Å². The normalized spacial score (nSPS) is 25.1. The number of rotatable bonds is 4. The summed E-state index contributed by atoms with van der Waals surface area (Å²) in [5.41, 5.74) is 4.19. The zero-order valence-electron chi connectivity index (χ0n) is 12.2. The number of fused-ring (bicyclic) bond motifs is 1. The zero-order valence-corrected chi connectivity index (χ0v) is 13.1. The standard InChI is InChI=1S/C17H21N3S/c1-2-7-19(6-1)8-9-20-17-11-14(16-5-10-21-13-16)3-4-15(17)12-18-20/h3-5,10,12-13,17H,1-2,6-9,11H2. The van der Waals surface area contributed by atoms with Gasteiger partial charge in [0.05, 0.1) is 12.3 Å². The van der Waals surface area contributed by atoms with Crippen LogP contribution in [0, 0.1) is 0 Å². The maximum atomic E-state index is 4.64. The molecule has 3 nitrogen and oxygen atoms in total. The highest BCUT2D eigenvalue weighted by Crippen LogP contribution is 2.33. The smallest absolute Gasteiger partial charge is 0.0776 e. The SMILES string of the molecule is C1=NN(CCN2CCCC2)C2CC(c3ccsc3)=CC=C12. The third-order valence-electron chi connectivity index (χ3n) is 4.73. The number of hydrogen-bond donors (Lipinski definition) is 0. The third-order valence-corrected chi connectivity index (χ3v) is 5.41. The molecule has 0 N–H and O–H groups in total. The Kier molecular flexibility index (Phi) is 3.65. The average Bonchev–Trinajstić information content (AvgIpc) is 3.25. The lowest BCUT2D eigenvalue weighted by atomic mass is 9.91. The lowest BCUT2D eigenvalue weighted by Gasteiger charge is -2.29. The molecule has 1 saturated heterocycles. The Balaban J connectivity index is 1.42. The summed E-state index contributed by atoms with van der Waals surface area (Å²) in [5.74, 6) is 0. The number of allylic oxidation sites excluding steroid dienone is 2. The maximum absolute atomic E-state index is 4.64. The van der Waals surface area contributed by atoms with Gasteiger partial charge in [0.2, 0.25) is 0 Å². The molecule has 2 aliphatic heterocycles. The van der Waals surface area contributed by atoms with Gasteiger partial charge in [-0.1, -0.05) is 12.2 Å². The molecule has 21 heavy (non-hydrogen) atoms. The van der Waals surface area contributed by atoms with Crippen molar-refractivity contribution in [2.24, 2.45) is 5.10 Å². The van der Waals surface area contributed by atoms with Gasteiger partial charge in [0.1, 0.15) is 0 Å². The predicted molar refractivity (Wildman–Crippen MR) is 89.7 cm³/mol. The first-order valence-electron chi connectivity index (χ1n) is 7.86. The van der Waals surface area contributed by atoms with Crippen LogP contribution >= 0.6 is 11.3 Å². The van der Waals surface area contributed by atoms with Crippen LogP contribution in [0.1, 0.15) is 24.8 Å². The molecule has 3 heterocycles. The first-order valence-corrected chi connectivity index (χ1v) is 8.81. The van der Waals surface area contributed by atoms with Gasteiger partial charge in [-0.15, -0.1) is 0 Å². The van der Waals surface area contributed by atoms with Crippen molar-refractivity contribution >= 4 is 23.1 Å². The molecular weight excluding hydrogens is 278 g/mol. The van der Waals surface area contributed by atoms with Gasteiger partial charge in [0.15, 0.2) is 0 Å². The Labute approximate surface area is 130 Å². The van der Waals surface area contributed by atoms with Crippen LogP contribution in [-0.4, -0.2) is 48.3 Å². The number of thiophene rings is 1. The van der Waals surface area contributed by atoms with E-state index in [1.165, 1.54) is 42.6 Å². The van der Waals surface area contributed by atoms with Crippen LogP contribution in [0.15, 0.2) is 39.7 Å². The van der Waals surface area contributed by atoms with Gasteiger partial charge in [-0.05, 0) is 65.9 Å². The Morgan fingerprint density at radius 1 is 1.19 bits per heavy atom. The fourth-order valence-electron chi connectivity index (χ4n) is 3.45. The monoisotopic (exact) mass is 299 g/mol. The highest BCUT2D eigenvalue weighted by molar-refractivity contribution is 7.08. The van der Waals surface area contributed by atoms with Gasteiger partial charge >= 0.3 is 0 Å². The minimum absolute atomic E-state index is 0.451. The fraction of sp³-hybridized carbons (Fsp3) is 0.471. The van der Waals surface area contributed by atoms with Crippen molar-refractivity contribution in [3.05, 3.63) is 40.1 Å². The molecule has 0 aromatic carbocycles. The van der Waals surface area contributed by atoms with Gasteiger partial charge in [0, 0.05) is 13.1 Å². The predicted octanol–water partition coefficient (Wildman–Crippen LogP) is 3.23. The molecule has 0 saturated carbocycles. The van der Waals surface area contributed by atoms with Gasteiger partial charge in [-0.3, -0.25) is 5.01 Å². The highest BCUT2D eigenvalue weighted by Gasteiger charge is 2.29. The van der Waals surface area contributed by atoms with Crippen LogP contribution < -0.4 is 0 Å². The first-order chi connectivity index (χ1) is 10.4. The zero-order chi connectivity index (χ0) is 14.1. The maximum Gasteiger partial charge on any atom is 0.0776 e. The Morgan fingerprint density at radius 2 is 2.10 bits per heavy atom. The number of hydrazone groups is 1. The molecule has 1 unspecified atom stereocenters. The second kappa shape index (κ2) is 5.78. The van der Waals surface area contributed by atoms with E-state index in [9.17, 15) is 0 Å². The van der Waals surface area contributed by atoms with Gasteiger partial charge in [-0.25, -0.2) is 0 Å². The van der Waals surface area contributed by atoms with Gasteiger partial charge < -0.3 is 4.90 Å². The second-order valence-corrected chi connectivity index (χ2v) is 6.83. The van der Waals surface area contributed by atoms with Gasteiger partial charge in [0.25, 0.3) is 0 Å². The number of hydrogen-bond acceptors (Lipinski definition) is 4. The lowest BCUT2D eigenvalue weighted by molar-refractivity contribution is 0.210. The van der Waals surface area contributed by atoms with Crippen LogP contribution in [0.4, 0.5) is 0 Å². The largest absolute Gasteiger partial charge is 0.302 e. The first kappa shape index (κ1) is 13.3. The summed E-state index contributed by atoms with van der Waals surface area (Å²) in [6, 6.07) is 2.67. The molecule has 1 atom stereocenters. The van der Waals surface area contributed by atoms with Crippen molar-refractivity contribution in [1.29, 1.82) is 0 Å². The van der Waals surface area contributed by atoms with Crippen molar-refractivity contribution in [3.8, 4) is 0 Å². The number of likely N-dealkylation sites (tertiary alicyclic amines) is 1. The van der Waals surface area contributed by atoms with E-state index in [0.717, 1.165) is 19.5 Å². The van der Waals surface area contributed by atoms with Crippen molar-refractivity contribution in [1.82, 2.24) is 9.91 Å². The van der Waals surface area contributed by atoms with E-state index in [2.05, 4.69) is 50.2 Å². The van der Waals surface area contributed by atoms with E-state index in [4.69, 9.17) is 0 Å². The average molecular weight is 299 g/mol. The Morgan fingerprint density at radius 3 is 2.90 bits per heavy atom. The van der Waals surface area contributed by atoms with Crippen LogP contribution in [0.25, 0.3) is 5.57 Å². The van der Waals surface area contributed by atoms with E-state index in [1.54, 1.807) is 11.3 Å². The molecule has 1 fully saturated rings. The third kappa shape index (κ3) is 2.70. The molecule has 4 heteroatoms. The molecule has 0 bridgehead atoms. The van der Waals surface area contributed by atoms with Gasteiger partial charge in [-0.2, -0.15) is 16.4 Å². The van der Waals surface area contributed by atoms with E-state index in [-0.39, 0.29) is 0 Å². The molecular formula is C17H21N3S. The highest BCUT2D eigenvalue weighted by atomic mass is 32.1. The second-order valence-electron chi connectivity index (χ2n) is 6.05. The Hall–Kier alpha value is -1.39. The Bertz CT molecular complexity index is 579. The van der Waals surface area contributed by atoms with Crippen LogP contribution in [-0.2, 0) is 0 Å². The molecule has 0 radical (unpaired) electrons. The summed E-state index contributed by atoms with van der Waals surface area (Å²) in [7, 11) is 0. The molecule has 0 amide bonds. The van der Waals surface area contributed by atoms with Crippen LogP contribution in [0.2, 0.25) is 0 Å². The van der Waals surface area contributed by atoms with Crippen LogP contribution in [0.5, 0.6) is 0 Å². The van der Waals surface area contributed by atoms with E-state index >= 15 is 0 Å². The minimum Gasteiger partial charge on any atom is -0.302 e. The molecule has 3 aliphatic rings.